The molecule has 26 heavy (non-hydrogen) atoms. The molecule has 0 spiro atoms. The molecule has 0 saturated carbocycles. The lowest BCUT2D eigenvalue weighted by molar-refractivity contribution is 0.0755. The number of carbonyl (C=O) groups is 1. The van der Waals surface area contributed by atoms with E-state index < -0.39 is 0 Å². The lowest BCUT2D eigenvalue weighted by Crippen LogP contribution is -2.31. The van der Waals surface area contributed by atoms with Crippen molar-refractivity contribution >= 4 is 29.1 Å². The maximum absolute atomic E-state index is 12.4. The van der Waals surface area contributed by atoms with Gasteiger partial charge in [0, 0.05) is 19.1 Å². The summed E-state index contributed by atoms with van der Waals surface area (Å²) in [4.78, 5) is 14.1. The summed E-state index contributed by atoms with van der Waals surface area (Å²) in [6, 6.07) is 17.6. The van der Waals surface area contributed by atoms with Gasteiger partial charge in [0.25, 0.3) is 5.91 Å². The molecule has 0 unspecified atom stereocenters. The van der Waals surface area contributed by atoms with Crippen LogP contribution in [0.5, 0.6) is 5.75 Å². The molecule has 136 valence electrons. The minimum Gasteiger partial charge on any atom is -0.486 e. The van der Waals surface area contributed by atoms with E-state index in [1.54, 1.807) is 17.0 Å². The number of hydrogen-bond donors (Lipinski definition) is 1. The zero-order chi connectivity index (χ0) is 17.2. The summed E-state index contributed by atoms with van der Waals surface area (Å²) >= 11 is 0. The smallest absolute Gasteiger partial charge is 0.289 e. The van der Waals surface area contributed by atoms with Crippen molar-refractivity contribution in [3.05, 3.63) is 66.1 Å². The van der Waals surface area contributed by atoms with Gasteiger partial charge in [0.1, 0.15) is 18.1 Å². The van der Waals surface area contributed by atoms with Crippen molar-refractivity contribution in [1.29, 1.82) is 0 Å². The first-order valence-electron chi connectivity index (χ1n) is 8.44. The number of halogens is 1. The number of amides is 1. The van der Waals surface area contributed by atoms with Crippen LogP contribution in [0.25, 0.3) is 10.8 Å². The molecule has 2 N–H and O–H groups in total. The van der Waals surface area contributed by atoms with Gasteiger partial charge in [-0.3, -0.25) is 4.79 Å². The van der Waals surface area contributed by atoms with Crippen LogP contribution in [0.4, 0.5) is 0 Å². The van der Waals surface area contributed by atoms with Crippen LogP contribution >= 0.6 is 12.4 Å². The molecule has 0 radical (unpaired) electrons. The van der Waals surface area contributed by atoms with Crippen LogP contribution in [0.3, 0.4) is 0 Å². The van der Waals surface area contributed by atoms with Crippen molar-refractivity contribution < 1.29 is 13.9 Å². The molecule has 6 heteroatoms. The van der Waals surface area contributed by atoms with Gasteiger partial charge in [0.2, 0.25) is 0 Å². The van der Waals surface area contributed by atoms with Crippen molar-refractivity contribution in [2.45, 2.75) is 19.1 Å². The summed E-state index contributed by atoms with van der Waals surface area (Å²) in [6.07, 6.45) is 0.838. The SMILES string of the molecule is Cl.N[C@@H]1CCN(C(=O)c2ccc(COc3ccc4ccccc4c3)o2)C1. The van der Waals surface area contributed by atoms with E-state index in [0.29, 0.717) is 24.6 Å². The summed E-state index contributed by atoms with van der Waals surface area (Å²) in [5.74, 6) is 1.63. The Morgan fingerprint density at radius 1 is 1.15 bits per heavy atom. The van der Waals surface area contributed by atoms with Crippen LogP contribution in [0, 0.1) is 0 Å². The second-order valence-corrected chi connectivity index (χ2v) is 6.36. The van der Waals surface area contributed by atoms with Gasteiger partial charge in [-0.2, -0.15) is 0 Å². The zero-order valence-corrected chi connectivity index (χ0v) is 15.1. The summed E-state index contributed by atoms with van der Waals surface area (Å²) < 4.78 is 11.4. The molecule has 3 aromatic rings. The molecular formula is C20H21ClN2O3. The summed E-state index contributed by atoms with van der Waals surface area (Å²) in [5, 5.41) is 2.30. The highest BCUT2D eigenvalue weighted by molar-refractivity contribution is 5.91. The fourth-order valence-electron chi connectivity index (χ4n) is 3.11. The molecule has 2 heterocycles. The maximum Gasteiger partial charge on any atom is 0.289 e. The molecule has 2 aromatic carbocycles. The predicted molar refractivity (Wildman–Crippen MR) is 103 cm³/mol. The van der Waals surface area contributed by atoms with Gasteiger partial charge in [-0.1, -0.05) is 30.3 Å². The van der Waals surface area contributed by atoms with Gasteiger partial charge in [0.05, 0.1) is 0 Å². The number of furan rings is 1. The minimum atomic E-state index is -0.107. The molecule has 4 rings (SSSR count). The fraction of sp³-hybridized carbons (Fsp3) is 0.250. The third kappa shape index (κ3) is 3.84. The van der Waals surface area contributed by atoms with E-state index in [-0.39, 0.29) is 31.0 Å². The van der Waals surface area contributed by atoms with E-state index >= 15 is 0 Å². The summed E-state index contributed by atoms with van der Waals surface area (Å²) in [7, 11) is 0. The largest absolute Gasteiger partial charge is 0.486 e. The number of benzene rings is 2. The first-order chi connectivity index (χ1) is 12.2. The van der Waals surface area contributed by atoms with Crippen molar-refractivity contribution in [3.8, 4) is 5.75 Å². The Kier molecular flexibility index (Phi) is 5.49. The third-order valence-electron chi connectivity index (χ3n) is 4.49. The Bertz CT molecular complexity index is 909. The maximum atomic E-state index is 12.4. The van der Waals surface area contributed by atoms with E-state index in [4.69, 9.17) is 14.9 Å². The number of hydrogen-bond acceptors (Lipinski definition) is 4. The molecule has 1 amide bonds. The number of carbonyl (C=O) groups excluding carboxylic acids is 1. The predicted octanol–water partition coefficient (Wildman–Crippen LogP) is 3.61. The van der Waals surface area contributed by atoms with Crippen LogP contribution < -0.4 is 10.5 Å². The van der Waals surface area contributed by atoms with Crippen molar-refractivity contribution in [1.82, 2.24) is 4.90 Å². The Balaban J connectivity index is 0.00000196. The molecule has 1 aliphatic heterocycles. The zero-order valence-electron chi connectivity index (χ0n) is 14.3. The van der Waals surface area contributed by atoms with E-state index in [1.807, 2.05) is 36.4 Å². The Labute approximate surface area is 158 Å². The van der Waals surface area contributed by atoms with E-state index in [9.17, 15) is 4.79 Å². The van der Waals surface area contributed by atoms with Crippen LogP contribution in [-0.4, -0.2) is 29.9 Å². The van der Waals surface area contributed by atoms with Gasteiger partial charge in [0.15, 0.2) is 5.76 Å². The summed E-state index contributed by atoms with van der Waals surface area (Å²) in [6.45, 7) is 1.55. The average molecular weight is 373 g/mol. The highest BCUT2D eigenvalue weighted by Crippen LogP contribution is 2.22. The van der Waals surface area contributed by atoms with Gasteiger partial charge in [-0.25, -0.2) is 0 Å². The van der Waals surface area contributed by atoms with Gasteiger partial charge in [-0.15, -0.1) is 12.4 Å². The number of rotatable bonds is 4. The molecule has 1 aromatic heterocycles. The first kappa shape index (κ1) is 18.3. The van der Waals surface area contributed by atoms with E-state index in [2.05, 4.69) is 6.07 Å². The molecule has 5 nitrogen and oxygen atoms in total. The van der Waals surface area contributed by atoms with Crippen LogP contribution in [0.1, 0.15) is 22.7 Å². The minimum absolute atomic E-state index is 0. The molecule has 0 bridgehead atoms. The molecular weight excluding hydrogens is 352 g/mol. The second kappa shape index (κ2) is 7.81. The number of fused-ring (bicyclic) bond motifs is 1. The molecule has 1 saturated heterocycles. The third-order valence-corrected chi connectivity index (χ3v) is 4.49. The normalized spacial score (nSPS) is 16.5. The first-order valence-corrected chi connectivity index (χ1v) is 8.44. The summed E-state index contributed by atoms with van der Waals surface area (Å²) in [5.41, 5.74) is 5.85. The monoisotopic (exact) mass is 372 g/mol. The number of ether oxygens (including phenoxy) is 1. The van der Waals surface area contributed by atoms with Gasteiger partial charge >= 0.3 is 0 Å². The van der Waals surface area contributed by atoms with E-state index in [0.717, 1.165) is 17.6 Å². The van der Waals surface area contributed by atoms with Crippen LogP contribution in [0.15, 0.2) is 59.0 Å². The molecule has 1 fully saturated rings. The molecule has 1 aliphatic rings. The number of nitrogens with two attached hydrogens (primary N) is 1. The molecule has 1 atom stereocenters. The van der Waals surface area contributed by atoms with Crippen molar-refractivity contribution in [3.63, 3.8) is 0 Å². The standard InChI is InChI=1S/C20H20N2O3.ClH/c21-16-9-10-22(12-16)20(23)19-8-7-18(25-19)13-24-17-6-5-14-3-1-2-4-15(14)11-17;/h1-8,11,16H,9-10,12-13,21H2;1H/t16-;/m1./s1. The highest BCUT2D eigenvalue weighted by atomic mass is 35.5. The van der Waals surface area contributed by atoms with Gasteiger partial charge in [-0.05, 0) is 41.5 Å². The van der Waals surface area contributed by atoms with Crippen LogP contribution in [0.2, 0.25) is 0 Å². The van der Waals surface area contributed by atoms with E-state index in [1.165, 1.54) is 5.39 Å². The topological polar surface area (TPSA) is 68.7 Å². The second-order valence-electron chi connectivity index (χ2n) is 6.36. The van der Waals surface area contributed by atoms with Crippen molar-refractivity contribution in [2.75, 3.05) is 13.1 Å². The number of likely N-dealkylation sites (tertiary alicyclic amines) is 1. The average Bonchev–Trinajstić information content (AvgIpc) is 3.28. The highest BCUT2D eigenvalue weighted by Gasteiger charge is 2.26. The van der Waals surface area contributed by atoms with Crippen molar-refractivity contribution in [2.24, 2.45) is 5.73 Å². The lowest BCUT2D eigenvalue weighted by Gasteiger charge is -2.13. The quantitative estimate of drug-likeness (QED) is 0.759. The Hall–Kier alpha value is -2.50. The lowest BCUT2D eigenvalue weighted by atomic mass is 10.1. The van der Waals surface area contributed by atoms with Gasteiger partial charge < -0.3 is 19.8 Å². The Morgan fingerprint density at radius 2 is 1.96 bits per heavy atom. The molecule has 0 aliphatic carbocycles. The fourth-order valence-corrected chi connectivity index (χ4v) is 3.11. The Morgan fingerprint density at radius 3 is 2.73 bits per heavy atom. The van der Waals surface area contributed by atoms with Crippen LogP contribution in [-0.2, 0) is 6.61 Å². The number of nitrogens with zero attached hydrogens (tertiary/aromatic N) is 1.